The van der Waals surface area contributed by atoms with Crippen LogP contribution in [-0.2, 0) is 7.05 Å². The van der Waals surface area contributed by atoms with Crippen LogP contribution >= 0.6 is 0 Å². The third kappa shape index (κ3) is 4.66. The Morgan fingerprint density at radius 1 is 1.32 bits per heavy atom. The van der Waals surface area contributed by atoms with Crippen molar-refractivity contribution in [2.45, 2.75) is 40.5 Å². The van der Waals surface area contributed by atoms with E-state index in [0.717, 1.165) is 28.0 Å². The lowest BCUT2D eigenvalue weighted by molar-refractivity contribution is 0.328. The van der Waals surface area contributed by atoms with Gasteiger partial charge in [-0.3, -0.25) is 4.68 Å². The lowest BCUT2D eigenvalue weighted by Gasteiger charge is -2.10. The molecule has 5 heteroatoms. The number of pyridine rings is 2. The first-order chi connectivity index (χ1) is 13.4. The molecule has 5 nitrogen and oxygen atoms in total. The second kappa shape index (κ2) is 9.83. The van der Waals surface area contributed by atoms with Crippen molar-refractivity contribution in [3.05, 3.63) is 60.5 Å². The van der Waals surface area contributed by atoms with Gasteiger partial charge in [-0.2, -0.15) is 5.10 Å². The average molecular weight is 379 g/mol. The number of aryl methyl sites for hydroxylation is 2. The van der Waals surface area contributed by atoms with Crippen molar-refractivity contribution in [3.63, 3.8) is 0 Å². The molecule has 0 N–H and O–H groups in total. The third-order valence-corrected chi connectivity index (χ3v) is 4.22. The second-order valence-corrected chi connectivity index (χ2v) is 6.74. The molecule has 0 fully saturated rings. The van der Waals surface area contributed by atoms with Gasteiger partial charge >= 0.3 is 0 Å². The van der Waals surface area contributed by atoms with Crippen LogP contribution in [0.25, 0.3) is 22.3 Å². The van der Waals surface area contributed by atoms with E-state index in [1.807, 2.05) is 49.9 Å². The van der Waals surface area contributed by atoms with Crippen LogP contribution in [0, 0.1) is 6.92 Å². The Labute approximate surface area is 167 Å². The fourth-order valence-corrected chi connectivity index (χ4v) is 2.98. The fraction of sp³-hybridized carbons (Fsp3) is 0.348. The summed E-state index contributed by atoms with van der Waals surface area (Å²) >= 11 is 0. The van der Waals surface area contributed by atoms with E-state index in [9.17, 15) is 0 Å². The molecule has 0 atom stereocenters. The van der Waals surface area contributed by atoms with E-state index in [0.29, 0.717) is 18.4 Å². The first kappa shape index (κ1) is 21.4. The molecule has 3 rings (SSSR count). The fourth-order valence-electron chi connectivity index (χ4n) is 2.98. The number of hydrogen-bond donors (Lipinski definition) is 0. The van der Waals surface area contributed by atoms with Gasteiger partial charge in [-0.05, 0) is 50.5 Å². The van der Waals surface area contributed by atoms with Crippen LogP contribution in [0.1, 0.15) is 44.9 Å². The smallest absolute Gasteiger partial charge is 0.222 e. The highest BCUT2D eigenvalue weighted by Gasteiger charge is 2.18. The Morgan fingerprint density at radius 3 is 2.64 bits per heavy atom. The molecule has 0 saturated heterocycles. The zero-order valence-electron chi connectivity index (χ0n) is 17.7. The molecule has 0 amide bonds. The molecule has 148 valence electrons. The van der Waals surface area contributed by atoms with Gasteiger partial charge in [0.25, 0.3) is 0 Å². The quantitative estimate of drug-likeness (QED) is 0.542. The minimum absolute atomic E-state index is 0.363. The Bertz CT molecular complexity index is 970. The number of hydrogen-bond acceptors (Lipinski definition) is 4. The van der Waals surface area contributed by atoms with Gasteiger partial charge in [0.05, 0.1) is 23.6 Å². The van der Waals surface area contributed by atoms with Crippen molar-refractivity contribution in [1.29, 1.82) is 0 Å². The lowest BCUT2D eigenvalue weighted by atomic mass is 10.0. The number of ether oxygens (including phenoxy) is 1. The summed E-state index contributed by atoms with van der Waals surface area (Å²) in [5.41, 5.74) is 4.94. The van der Waals surface area contributed by atoms with Gasteiger partial charge < -0.3 is 4.74 Å². The number of allylic oxidation sites excluding steroid dienone is 3. The van der Waals surface area contributed by atoms with Crippen LogP contribution in [0.5, 0.6) is 5.88 Å². The van der Waals surface area contributed by atoms with Gasteiger partial charge in [0.1, 0.15) is 0 Å². The molecule has 0 saturated carbocycles. The molecule has 3 heterocycles. The maximum absolute atomic E-state index is 5.64. The molecular weight excluding hydrogens is 348 g/mol. The Hall–Kier alpha value is -2.95. The molecule has 3 aromatic rings. The molecule has 0 unspecified atom stereocenters. The van der Waals surface area contributed by atoms with E-state index >= 15 is 0 Å². The summed E-state index contributed by atoms with van der Waals surface area (Å²) < 4.78 is 7.50. The summed E-state index contributed by atoms with van der Waals surface area (Å²) in [5, 5.41) is 5.80. The van der Waals surface area contributed by atoms with Gasteiger partial charge in [-0.15, -0.1) is 0 Å². The van der Waals surface area contributed by atoms with Crippen molar-refractivity contribution in [2.75, 3.05) is 6.61 Å². The SMILES string of the molecule is C=C/C=C\C.CCOc1ncccc1-c1cc(C)c2c(C(C)C)nn(C)c2n1. The molecule has 0 aliphatic carbocycles. The summed E-state index contributed by atoms with van der Waals surface area (Å²) in [7, 11) is 1.94. The van der Waals surface area contributed by atoms with Crippen LogP contribution in [0.4, 0.5) is 0 Å². The molecule has 0 radical (unpaired) electrons. The molecule has 3 aromatic heterocycles. The Morgan fingerprint density at radius 2 is 2.07 bits per heavy atom. The van der Waals surface area contributed by atoms with Gasteiger partial charge in [-0.1, -0.05) is 38.7 Å². The van der Waals surface area contributed by atoms with E-state index in [-0.39, 0.29) is 0 Å². The lowest BCUT2D eigenvalue weighted by Crippen LogP contribution is -1.99. The minimum Gasteiger partial charge on any atom is -0.477 e. The van der Waals surface area contributed by atoms with Crippen LogP contribution in [0.3, 0.4) is 0 Å². The highest BCUT2D eigenvalue weighted by atomic mass is 16.5. The Kier molecular flexibility index (Phi) is 7.50. The zero-order valence-corrected chi connectivity index (χ0v) is 17.7. The van der Waals surface area contributed by atoms with Gasteiger partial charge in [0.2, 0.25) is 5.88 Å². The van der Waals surface area contributed by atoms with E-state index in [1.54, 1.807) is 12.3 Å². The van der Waals surface area contributed by atoms with Crippen LogP contribution in [-0.4, -0.2) is 26.4 Å². The molecule has 28 heavy (non-hydrogen) atoms. The van der Waals surface area contributed by atoms with Crippen molar-refractivity contribution in [3.8, 4) is 17.1 Å². The highest BCUT2D eigenvalue weighted by molar-refractivity contribution is 5.86. The largest absolute Gasteiger partial charge is 0.477 e. The number of fused-ring (bicyclic) bond motifs is 1. The highest BCUT2D eigenvalue weighted by Crippen LogP contribution is 2.32. The third-order valence-electron chi connectivity index (χ3n) is 4.22. The summed E-state index contributed by atoms with van der Waals surface area (Å²) in [4.78, 5) is 9.16. The molecule has 0 aliphatic rings. The van der Waals surface area contributed by atoms with Crippen LogP contribution in [0.2, 0.25) is 0 Å². The molecular formula is C23H30N4O. The van der Waals surface area contributed by atoms with Crippen molar-refractivity contribution in [2.24, 2.45) is 7.05 Å². The van der Waals surface area contributed by atoms with E-state index < -0.39 is 0 Å². The summed E-state index contributed by atoms with van der Waals surface area (Å²) in [6, 6.07) is 5.99. The van der Waals surface area contributed by atoms with Gasteiger partial charge in [0, 0.05) is 18.6 Å². The van der Waals surface area contributed by atoms with Gasteiger partial charge in [-0.25, -0.2) is 9.97 Å². The summed E-state index contributed by atoms with van der Waals surface area (Å²) in [6.45, 7) is 14.4. The van der Waals surface area contributed by atoms with Crippen LogP contribution in [0.15, 0.2) is 49.2 Å². The van der Waals surface area contributed by atoms with E-state index in [4.69, 9.17) is 9.72 Å². The van der Waals surface area contributed by atoms with Gasteiger partial charge in [0.15, 0.2) is 5.65 Å². The number of nitrogens with zero attached hydrogens (tertiary/aromatic N) is 4. The normalized spacial score (nSPS) is 11.0. The predicted octanol–water partition coefficient (Wildman–Crippen LogP) is 5.61. The maximum Gasteiger partial charge on any atom is 0.222 e. The average Bonchev–Trinajstić information content (AvgIpc) is 3.01. The maximum atomic E-state index is 5.64. The summed E-state index contributed by atoms with van der Waals surface area (Å²) in [5.74, 6) is 0.981. The zero-order chi connectivity index (χ0) is 20.7. The first-order valence-electron chi connectivity index (χ1n) is 9.60. The van der Waals surface area contributed by atoms with E-state index in [2.05, 4.69) is 43.5 Å². The summed E-state index contributed by atoms with van der Waals surface area (Å²) in [6.07, 6.45) is 7.31. The topological polar surface area (TPSA) is 52.8 Å². The first-order valence-corrected chi connectivity index (χ1v) is 9.60. The molecule has 0 aliphatic heterocycles. The number of rotatable bonds is 5. The van der Waals surface area contributed by atoms with E-state index in [1.165, 1.54) is 5.56 Å². The number of aromatic nitrogens is 4. The standard InChI is InChI=1S/C18H22N4O.C5H8/c1-6-23-18-13(8-7-9-19-18)14-10-12(4)15-16(11(2)3)21-22(5)17(15)20-14;1-3-5-4-2/h7-11H,6H2,1-5H3;3-5H,1H2,2H3/b;5-4-. The van der Waals surface area contributed by atoms with Crippen molar-refractivity contribution >= 4 is 11.0 Å². The molecule has 0 bridgehead atoms. The Balaban J connectivity index is 0.000000500. The monoisotopic (exact) mass is 378 g/mol. The van der Waals surface area contributed by atoms with Crippen molar-refractivity contribution in [1.82, 2.24) is 19.7 Å². The minimum atomic E-state index is 0.363. The molecule has 0 spiro atoms. The van der Waals surface area contributed by atoms with Crippen molar-refractivity contribution < 1.29 is 4.74 Å². The van der Waals surface area contributed by atoms with Crippen LogP contribution < -0.4 is 4.74 Å². The molecule has 0 aromatic carbocycles. The second-order valence-electron chi connectivity index (χ2n) is 6.74. The predicted molar refractivity (Wildman–Crippen MR) is 117 cm³/mol.